The van der Waals surface area contributed by atoms with Crippen molar-refractivity contribution in [3.05, 3.63) is 22.5 Å². The summed E-state index contributed by atoms with van der Waals surface area (Å²) in [7, 11) is 0. The topological polar surface area (TPSA) is 116 Å². The first kappa shape index (κ1) is 16.9. The monoisotopic (exact) mass is 392 g/mol. The van der Waals surface area contributed by atoms with Gasteiger partial charge >= 0.3 is 0 Å². The van der Waals surface area contributed by atoms with E-state index in [1.54, 1.807) is 6.07 Å². The lowest BCUT2D eigenvalue weighted by molar-refractivity contribution is 0.00706. The molecule has 2 saturated heterocycles. The zero-order chi connectivity index (χ0) is 18.7. The Balaban J connectivity index is 1.46. The molecule has 0 radical (unpaired) electrons. The Morgan fingerprint density at radius 2 is 2.04 bits per heavy atom. The molecular formula is C17H17ClN4O5. The van der Waals surface area contributed by atoms with Crippen LogP contribution in [-0.2, 0) is 9.47 Å². The molecule has 0 saturated carbocycles. The number of nitrogens with zero attached hydrogens (tertiary/aromatic N) is 3. The summed E-state index contributed by atoms with van der Waals surface area (Å²) in [4.78, 5) is 12.0. The highest BCUT2D eigenvalue weighted by atomic mass is 35.5. The molecule has 0 aliphatic carbocycles. The Morgan fingerprint density at radius 3 is 2.81 bits per heavy atom. The van der Waals surface area contributed by atoms with Crippen molar-refractivity contribution in [1.29, 1.82) is 0 Å². The summed E-state index contributed by atoms with van der Waals surface area (Å²) >= 11 is 6.42. The predicted molar refractivity (Wildman–Crippen MR) is 93.8 cm³/mol. The van der Waals surface area contributed by atoms with Gasteiger partial charge in [-0.3, -0.25) is 0 Å². The normalized spacial score (nSPS) is 27.4. The third-order valence-corrected chi connectivity index (χ3v) is 5.21. The maximum absolute atomic E-state index is 9.83. The fourth-order valence-electron chi connectivity index (χ4n) is 3.64. The lowest BCUT2D eigenvalue weighted by Crippen LogP contribution is -2.34. The molecule has 5 heterocycles. The molecule has 3 aromatic heterocycles. The molecule has 2 aliphatic rings. The minimum atomic E-state index is -0.627. The summed E-state index contributed by atoms with van der Waals surface area (Å²) in [6.45, 7) is 4.21. The number of hydrogen-bond acceptors (Lipinski definition) is 8. The molecule has 9 nitrogen and oxygen atoms in total. The zero-order valence-electron chi connectivity index (χ0n) is 14.6. The molecule has 0 unspecified atom stereocenters. The minimum absolute atomic E-state index is 0.243. The number of hydrogen-bond donors (Lipinski definition) is 2. The number of pyridine rings is 1. The summed E-state index contributed by atoms with van der Waals surface area (Å²) in [5, 5.41) is 14.2. The van der Waals surface area contributed by atoms with Gasteiger partial charge in [-0.25, -0.2) is 4.98 Å². The van der Waals surface area contributed by atoms with E-state index in [2.05, 4.69) is 20.1 Å². The van der Waals surface area contributed by atoms with Crippen molar-refractivity contribution in [3.8, 4) is 17.3 Å². The van der Waals surface area contributed by atoms with Crippen LogP contribution in [0.1, 0.15) is 11.5 Å². The van der Waals surface area contributed by atoms with E-state index in [-0.39, 0.29) is 24.9 Å². The van der Waals surface area contributed by atoms with E-state index < -0.39 is 6.10 Å². The molecule has 142 valence electrons. The van der Waals surface area contributed by atoms with Gasteiger partial charge in [0.25, 0.3) is 6.01 Å². The van der Waals surface area contributed by atoms with E-state index >= 15 is 0 Å². The lowest BCUT2D eigenvalue weighted by atomic mass is 10.1. The van der Waals surface area contributed by atoms with Crippen LogP contribution >= 0.6 is 11.6 Å². The maximum atomic E-state index is 9.83. The third kappa shape index (κ3) is 2.69. The molecule has 4 atom stereocenters. The van der Waals surface area contributed by atoms with Crippen LogP contribution in [0.25, 0.3) is 22.4 Å². The number of imidazole rings is 1. The van der Waals surface area contributed by atoms with Crippen molar-refractivity contribution in [2.24, 2.45) is 0 Å². The largest absolute Gasteiger partial charge is 0.456 e. The fraction of sp³-hybridized carbons (Fsp3) is 0.471. The number of aromatic nitrogens is 4. The molecule has 2 N–H and O–H groups in total. The molecule has 2 aliphatic heterocycles. The first-order chi connectivity index (χ1) is 13.0. The van der Waals surface area contributed by atoms with Gasteiger partial charge in [0, 0.05) is 0 Å². The summed E-state index contributed by atoms with van der Waals surface area (Å²) in [5.41, 5.74) is 3.14. The molecule has 0 aromatic carbocycles. The smallest absolute Gasteiger partial charge is 0.296 e. The Kier molecular flexibility index (Phi) is 3.87. The average Bonchev–Trinajstić information content (AvgIpc) is 3.36. The van der Waals surface area contributed by atoms with Gasteiger partial charge in [-0.05, 0) is 19.9 Å². The lowest BCUT2D eigenvalue weighted by Gasteiger charge is -2.15. The number of fused-ring (bicyclic) bond motifs is 2. The van der Waals surface area contributed by atoms with E-state index in [1.807, 2.05) is 13.8 Å². The molecule has 10 heteroatoms. The molecule has 3 aromatic rings. The standard InChI is InChI=1S/C17H17ClN4O5/c1-6-12(7(2)27-22-6)13-8(18)3-9-16(20-13)21-17(19-9)26-11-5-25-14-10(23)4-24-15(11)14/h3,10-11,14-15,23H,4-5H2,1-2H3,(H,19,20,21)/t10-,11-,14-,15-/m1/s1. The summed E-state index contributed by atoms with van der Waals surface area (Å²) < 4.78 is 22.2. The van der Waals surface area contributed by atoms with Crippen LogP contribution in [-0.4, -0.2) is 62.8 Å². The second-order valence-corrected chi connectivity index (χ2v) is 7.16. The molecule has 5 rings (SSSR count). The quantitative estimate of drug-likeness (QED) is 0.693. The van der Waals surface area contributed by atoms with Gasteiger partial charge in [-0.1, -0.05) is 16.8 Å². The third-order valence-electron chi connectivity index (χ3n) is 4.92. The second-order valence-electron chi connectivity index (χ2n) is 6.75. The average molecular weight is 393 g/mol. The van der Waals surface area contributed by atoms with Crippen molar-refractivity contribution in [1.82, 2.24) is 20.1 Å². The van der Waals surface area contributed by atoms with Crippen molar-refractivity contribution in [3.63, 3.8) is 0 Å². The Morgan fingerprint density at radius 1 is 1.22 bits per heavy atom. The van der Waals surface area contributed by atoms with Crippen LogP contribution < -0.4 is 4.74 Å². The van der Waals surface area contributed by atoms with Gasteiger partial charge in [-0.15, -0.1) is 0 Å². The summed E-state index contributed by atoms with van der Waals surface area (Å²) in [5.74, 6) is 0.638. The maximum Gasteiger partial charge on any atom is 0.296 e. The van der Waals surface area contributed by atoms with Crippen molar-refractivity contribution in [2.75, 3.05) is 13.2 Å². The number of aromatic amines is 1. The Hall–Kier alpha value is -2.20. The molecule has 27 heavy (non-hydrogen) atoms. The summed E-state index contributed by atoms with van der Waals surface area (Å²) in [6.07, 6.45) is -1.66. The van der Waals surface area contributed by atoms with E-state index in [0.717, 1.165) is 5.56 Å². The number of ether oxygens (including phenoxy) is 3. The van der Waals surface area contributed by atoms with E-state index in [4.69, 9.17) is 30.3 Å². The van der Waals surface area contributed by atoms with Gasteiger partial charge in [0.15, 0.2) is 11.8 Å². The van der Waals surface area contributed by atoms with Crippen LogP contribution in [0.4, 0.5) is 0 Å². The van der Waals surface area contributed by atoms with Crippen LogP contribution in [0, 0.1) is 13.8 Å². The van der Waals surface area contributed by atoms with E-state index in [1.165, 1.54) is 0 Å². The molecule has 0 bridgehead atoms. The fourth-order valence-corrected chi connectivity index (χ4v) is 3.88. The Bertz CT molecular complexity index is 999. The van der Waals surface area contributed by atoms with Gasteiger partial charge < -0.3 is 28.8 Å². The van der Waals surface area contributed by atoms with Gasteiger partial charge in [0.2, 0.25) is 0 Å². The number of H-pyrrole nitrogens is 1. The molecular weight excluding hydrogens is 376 g/mol. The zero-order valence-corrected chi connectivity index (χ0v) is 15.4. The number of aryl methyl sites for hydroxylation is 2. The molecule has 0 amide bonds. The number of rotatable bonds is 3. The van der Waals surface area contributed by atoms with Crippen LogP contribution in [0.15, 0.2) is 10.6 Å². The minimum Gasteiger partial charge on any atom is -0.456 e. The number of aliphatic hydroxyl groups is 1. The predicted octanol–water partition coefficient (Wildman–Crippen LogP) is 1.79. The first-order valence-corrected chi connectivity index (χ1v) is 8.96. The highest BCUT2D eigenvalue weighted by Gasteiger charge is 2.48. The Labute approximate surface area is 158 Å². The highest BCUT2D eigenvalue weighted by Crippen LogP contribution is 2.34. The number of aliphatic hydroxyl groups excluding tert-OH is 1. The van der Waals surface area contributed by atoms with Gasteiger partial charge in [-0.2, -0.15) is 4.98 Å². The first-order valence-electron chi connectivity index (χ1n) is 8.58. The van der Waals surface area contributed by atoms with Gasteiger partial charge in [0.1, 0.15) is 24.1 Å². The van der Waals surface area contributed by atoms with Crippen molar-refractivity contribution < 1.29 is 23.8 Å². The summed E-state index contributed by atoms with van der Waals surface area (Å²) in [6, 6.07) is 2.04. The number of halogens is 1. The molecule has 0 spiro atoms. The molecule has 2 fully saturated rings. The van der Waals surface area contributed by atoms with Gasteiger partial charge in [0.05, 0.1) is 40.7 Å². The van der Waals surface area contributed by atoms with Crippen LogP contribution in [0.5, 0.6) is 6.01 Å². The highest BCUT2D eigenvalue weighted by molar-refractivity contribution is 6.33. The van der Waals surface area contributed by atoms with E-state index in [0.29, 0.717) is 46.0 Å². The SMILES string of the molecule is Cc1noc(C)c1-c1nc2nc(O[C@@H]3CO[C@H]4[C@@H]3OC[C@H]4O)[nH]c2cc1Cl. The second kappa shape index (κ2) is 6.16. The van der Waals surface area contributed by atoms with Crippen molar-refractivity contribution in [2.45, 2.75) is 38.3 Å². The van der Waals surface area contributed by atoms with E-state index in [9.17, 15) is 5.11 Å². The van der Waals surface area contributed by atoms with Crippen LogP contribution in [0.3, 0.4) is 0 Å². The van der Waals surface area contributed by atoms with Crippen LogP contribution in [0.2, 0.25) is 5.02 Å². The number of nitrogens with one attached hydrogen (secondary N) is 1. The van der Waals surface area contributed by atoms with Crippen molar-refractivity contribution >= 4 is 22.8 Å².